The molecule has 1 aliphatic rings. The van der Waals surface area contributed by atoms with E-state index >= 15 is 0 Å². The Bertz CT molecular complexity index is 442. The van der Waals surface area contributed by atoms with Crippen molar-refractivity contribution < 1.29 is 14.6 Å². The van der Waals surface area contributed by atoms with Crippen LogP contribution in [-0.4, -0.2) is 40.9 Å². The lowest BCUT2D eigenvalue weighted by Crippen LogP contribution is -2.52. The minimum absolute atomic E-state index is 0.134. The van der Waals surface area contributed by atoms with Crippen molar-refractivity contribution in [1.29, 1.82) is 0 Å². The molecule has 2 rings (SSSR count). The molecular formula is C13H18N2O3. The van der Waals surface area contributed by atoms with Gasteiger partial charge in [0, 0.05) is 19.3 Å². The third-order valence-electron chi connectivity index (χ3n) is 2.89. The number of carboxylic acids is 1. The van der Waals surface area contributed by atoms with Gasteiger partial charge in [0.15, 0.2) is 0 Å². The monoisotopic (exact) mass is 250 g/mol. The molecule has 1 saturated heterocycles. The summed E-state index contributed by atoms with van der Waals surface area (Å²) in [4.78, 5) is 17.1. The molecule has 0 aliphatic carbocycles. The van der Waals surface area contributed by atoms with Crippen LogP contribution in [0.5, 0.6) is 0 Å². The highest BCUT2D eigenvalue weighted by Crippen LogP contribution is 2.24. The molecule has 98 valence electrons. The van der Waals surface area contributed by atoms with E-state index in [0.717, 1.165) is 18.9 Å². The van der Waals surface area contributed by atoms with Crippen molar-refractivity contribution in [3.63, 3.8) is 0 Å². The fourth-order valence-electron chi connectivity index (χ4n) is 2.33. The van der Waals surface area contributed by atoms with Gasteiger partial charge in [0.1, 0.15) is 5.82 Å². The van der Waals surface area contributed by atoms with Gasteiger partial charge in [0.2, 0.25) is 0 Å². The predicted octanol–water partition coefficient (Wildman–Crippen LogP) is 1.78. The molecule has 0 radical (unpaired) electrons. The third kappa shape index (κ3) is 2.79. The predicted molar refractivity (Wildman–Crippen MR) is 68.0 cm³/mol. The standard InChI is InChI=1S/C13H18N2O3/c1-9-7-15(8-13(2,3)18-9)11-5-4-10(6-14-11)12(16)17/h4-6,9H,7-8H2,1-3H3,(H,16,17). The zero-order valence-corrected chi connectivity index (χ0v) is 10.9. The van der Waals surface area contributed by atoms with Crippen molar-refractivity contribution >= 4 is 11.8 Å². The van der Waals surface area contributed by atoms with E-state index in [0.29, 0.717) is 0 Å². The zero-order chi connectivity index (χ0) is 13.3. The first-order chi connectivity index (χ1) is 8.37. The quantitative estimate of drug-likeness (QED) is 0.867. The Hall–Kier alpha value is -1.62. The second-order valence-electron chi connectivity index (χ2n) is 5.28. The number of ether oxygens (including phenoxy) is 1. The summed E-state index contributed by atoms with van der Waals surface area (Å²) >= 11 is 0. The van der Waals surface area contributed by atoms with Gasteiger partial charge in [-0.3, -0.25) is 0 Å². The Kier molecular flexibility index (Phi) is 3.26. The van der Waals surface area contributed by atoms with Crippen LogP contribution < -0.4 is 4.90 Å². The fourth-order valence-corrected chi connectivity index (χ4v) is 2.33. The number of morpholine rings is 1. The molecular weight excluding hydrogens is 232 g/mol. The minimum Gasteiger partial charge on any atom is -0.478 e. The molecule has 5 nitrogen and oxygen atoms in total. The SMILES string of the molecule is CC1CN(c2ccc(C(=O)O)cn2)CC(C)(C)O1. The van der Waals surface area contributed by atoms with E-state index in [4.69, 9.17) is 9.84 Å². The van der Waals surface area contributed by atoms with Crippen LogP contribution in [0.3, 0.4) is 0 Å². The summed E-state index contributed by atoms with van der Waals surface area (Å²) in [6, 6.07) is 3.33. The molecule has 1 atom stereocenters. The molecule has 0 saturated carbocycles. The molecule has 18 heavy (non-hydrogen) atoms. The number of nitrogens with zero attached hydrogens (tertiary/aromatic N) is 2. The molecule has 0 aromatic carbocycles. The van der Waals surface area contributed by atoms with Gasteiger partial charge in [-0.2, -0.15) is 0 Å². The highest BCUT2D eigenvalue weighted by molar-refractivity contribution is 5.87. The van der Waals surface area contributed by atoms with E-state index < -0.39 is 5.97 Å². The lowest BCUT2D eigenvalue weighted by molar-refractivity contribution is -0.0751. The fraction of sp³-hybridized carbons (Fsp3) is 0.538. The van der Waals surface area contributed by atoms with Crippen molar-refractivity contribution in [3.05, 3.63) is 23.9 Å². The number of aromatic carboxylic acids is 1. The van der Waals surface area contributed by atoms with Crippen LogP contribution in [0.1, 0.15) is 31.1 Å². The highest BCUT2D eigenvalue weighted by atomic mass is 16.5. The van der Waals surface area contributed by atoms with E-state index in [2.05, 4.69) is 9.88 Å². The number of pyridine rings is 1. The largest absolute Gasteiger partial charge is 0.478 e. The Labute approximate surface area is 106 Å². The van der Waals surface area contributed by atoms with Crippen LogP contribution in [0.25, 0.3) is 0 Å². The van der Waals surface area contributed by atoms with Crippen LogP contribution >= 0.6 is 0 Å². The lowest BCUT2D eigenvalue weighted by atomic mass is 10.1. The maximum Gasteiger partial charge on any atom is 0.337 e. The Morgan fingerprint density at radius 1 is 1.56 bits per heavy atom. The Morgan fingerprint density at radius 2 is 2.28 bits per heavy atom. The summed E-state index contributed by atoms with van der Waals surface area (Å²) in [5.74, 6) is -0.159. The zero-order valence-electron chi connectivity index (χ0n) is 10.9. The van der Waals surface area contributed by atoms with Crippen molar-refractivity contribution in [3.8, 4) is 0 Å². The molecule has 1 unspecified atom stereocenters. The van der Waals surface area contributed by atoms with Gasteiger partial charge in [-0.1, -0.05) is 0 Å². The number of anilines is 1. The van der Waals surface area contributed by atoms with E-state index in [1.807, 2.05) is 20.8 Å². The molecule has 1 aromatic rings. The van der Waals surface area contributed by atoms with Gasteiger partial charge in [0.25, 0.3) is 0 Å². The van der Waals surface area contributed by atoms with Crippen LogP contribution in [-0.2, 0) is 4.74 Å². The molecule has 2 heterocycles. The first kappa shape index (κ1) is 12.8. The van der Waals surface area contributed by atoms with Crippen molar-refractivity contribution in [2.24, 2.45) is 0 Å². The van der Waals surface area contributed by atoms with Crippen LogP contribution in [0.2, 0.25) is 0 Å². The van der Waals surface area contributed by atoms with E-state index in [9.17, 15) is 4.79 Å². The molecule has 1 N–H and O–H groups in total. The highest BCUT2D eigenvalue weighted by Gasteiger charge is 2.31. The van der Waals surface area contributed by atoms with Crippen LogP contribution in [0, 0.1) is 0 Å². The first-order valence-electron chi connectivity index (χ1n) is 5.99. The normalized spacial score (nSPS) is 22.8. The molecule has 1 aliphatic heterocycles. The number of carbonyl (C=O) groups is 1. The summed E-state index contributed by atoms with van der Waals surface area (Å²) in [7, 11) is 0. The van der Waals surface area contributed by atoms with Gasteiger partial charge in [-0.05, 0) is 32.9 Å². The maximum atomic E-state index is 10.8. The maximum absolute atomic E-state index is 10.8. The lowest BCUT2D eigenvalue weighted by Gasteiger charge is -2.42. The Balaban J connectivity index is 2.18. The molecule has 0 amide bonds. The van der Waals surface area contributed by atoms with Gasteiger partial charge in [-0.15, -0.1) is 0 Å². The summed E-state index contributed by atoms with van der Waals surface area (Å²) < 4.78 is 5.82. The summed E-state index contributed by atoms with van der Waals surface area (Å²) in [5.41, 5.74) is -0.00974. The second-order valence-corrected chi connectivity index (χ2v) is 5.28. The minimum atomic E-state index is -0.954. The first-order valence-corrected chi connectivity index (χ1v) is 5.99. The third-order valence-corrected chi connectivity index (χ3v) is 2.89. The van der Waals surface area contributed by atoms with Gasteiger partial charge >= 0.3 is 5.97 Å². The summed E-state index contributed by atoms with van der Waals surface area (Å²) in [6.07, 6.45) is 1.53. The van der Waals surface area contributed by atoms with E-state index in [-0.39, 0.29) is 17.3 Å². The van der Waals surface area contributed by atoms with Crippen molar-refractivity contribution in [2.45, 2.75) is 32.5 Å². The number of carboxylic acid groups (broad SMARTS) is 1. The molecule has 1 aromatic heterocycles. The number of hydrogen-bond donors (Lipinski definition) is 1. The molecule has 0 bridgehead atoms. The average molecular weight is 250 g/mol. The van der Waals surface area contributed by atoms with Crippen LogP contribution in [0.15, 0.2) is 18.3 Å². The van der Waals surface area contributed by atoms with Gasteiger partial charge in [0.05, 0.1) is 17.3 Å². The van der Waals surface area contributed by atoms with E-state index in [1.165, 1.54) is 6.20 Å². The average Bonchev–Trinajstić information content (AvgIpc) is 2.26. The summed E-state index contributed by atoms with van der Waals surface area (Å²) in [6.45, 7) is 7.63. The Morgan fingerprint density at radius 3 is 2.78 bits per heavy atom. The number of hydrogen-bond acceptors (Lipinski definition) is 4. The second kappa shape index (κ2) is 4.57. The van der Waals surface area contributed by atoms with E-state index in [1.54, 1.807) is 12.1 Å². The number of aromatic nitrogens is 1. The summed E-state index contributed by atoms with van der Waals surface area (Å²) in [5, 5.41) is 8.84. The van der Waals surface area contributed by atoms with Crippen LogP contribution in [0.4, 0.5) is 5.82 Å². The van der Waals surface area contributed by atoms with Gasteiger partial charge in [-0.25, -0.2) is 9.78 Å². The van der Waals surface area contributed by atoms with Crippen molar-refractivity contribution in [2.75, 3.05) is 18.0 Å². The molecule has 1 fully saturated rings. The number of rotatable bonds is 2. The van der Waals surface area contributed by atoms with Crippen molar-refractivity contribution in [1.82, 2.24) is 4.98 Å². The smallest absolute Gasteiger partial charge is 0.337 e. The van der Waals surface area contributed by atoms with Gasteiger partial charge < -0.3 is 14.7 Å². The molecule has 0 spiro atoms. The molecule has 5 heteroatoms. The topological polar surface area (TPSA) is 62.7 Å².